The van der Waals surface area contributed by atoms with Crippen molar-refractivity contribution >= 4 is 33.4 Å². The average Bonchev–Trinajstić information content (AvgIpc) is 3.37. The van der Waals surface area contributed by atoms with Crippen LogP contribution in [-0.2, 0) is 11.3 Å². The molecule has 1 saturated carbocycles. The third kappa shape index (κ3) is 4.15. The Morgan fingerprint density at radius 3 is 2.71 bits per heavy atom. The largest absolute Gasteiger partial charge is 0.454 e. The van der Waals surface area contributed by atoms with Gasteiger partial charge >= 0.3 is 0 Å². The molecule has 6 nitrogen and oxygen atoms in total. The first-order chi connectivity index (χ1) is 15.1. The average molecular weight is 485 g/mol. The first-order valence-corrected chi connectivity index (χ1v) is 11.6. The number of ether oxygens (including phenoxy) is 2. The van der Waals surface area contributed by atoms with Crippen molar-refractivity contribution in [3.05, 3.63) is 52.0 Å². The van der Waals surface area contributed by atoms with Gasteiger partial charge in [-0.05, 0) is 67.9 Å². The number of benzene rings is 2. The SMILES string of the molecule is O=C(Nc1ccc2c(c1)OCO2)C1CCC(CCN2Cc3c(Br)cccc3C2=O)CC1. The molecule has 0 saturated heterocycles. The van der Waals surface area contributed by atoms with Crippen LogP contribution in [0.3, 0.4) is 0 Å². The summed E-state index contributed by atoms with van der Waals surface area (Å²) in [4.78, 5) is 27.3. The summed E-state index contributed by atoms with van der Waals surface area (Å²) in [6.07, 6.45) is 4.82. The van der Waals surface area contributed by atoms with Gasteiger partial charge in [0.05, 0.1) is 0 Å². The van der Waals surface area contributed by atoms with Crippen LogP contribution in [0.4, 0.5) is 5.69 Å². The van der Waals surface area contributed by atoms with Crippen molar-refractivity contribution in [2.75, 3.05) is 18.7 Å². The molecule has 1 fully saturated rings. The van der Waals surface area contributed by atoms with E-state index in [2.05, 4.69) is 21.2 Å². The van der Waals surface area contributed by atoms with E-state index in [4.69, 9.17) is 9.47 Å². The van der Waals surface area contributed by atoms with E-state index in [1.807, 2.05) is 41.3 Å². The summed E-state index contributed by atoms with van der Waals surface area (Å²) in [7, 11) is 0. The third-order valence-electron chi connectivity index (χ3n) is 6.65. The Kier molecular flexibility index (Phi) is 5.61. The van der Waals surface area contributed by atoms with Crippen molar-refractivity contribution in [2.24, 2.45) is 11.8 Å². The number of fused-ring (bicyclic) bond motifs is 2. The lowest BCUT2D eigenvalue weighted by Gasteiger charge is -2.29. The molecule has 0 atom stereocenters. The predicted molar refractivity (Wildman–Crippen MR) is 120 cm³/mol. The molecule has 2 aliphatic heterocycles. The van der Waals surface area contributed by atoms with E-state index in [1.165, 1.54) is 0 Å². The number of nitrogens with zero attached hydrogens (tertiary/aromatic N) is 1. The summed E-state index contributed by atoms with van der Waals surface area (Å²) in [5.74, 6) is 2.20. The van der Waals surface area contributed by atoms with Crippen LogP contribution in [0, 0.1) is 11.8 Å². The van der Waals surface area contributed by atoms with E-state index >= 15 is 0 Å². The molecule has 2 amide bonds. The second kappa shape index (κ2) is 8.54. The van der Waals surface area contributed by atoms with Crippen molar-refractivity contribution in [2.45, 2.75) is 38.6 Å². The van der Waals surface area contributed by atoms with Crippen LogP contribution in [0.25, 0.3) is 0 Å². The van der Waals surface area contributed by atoms with Crippen molar-refractivity contribution in [3.63, 3.8) is 0 Å². The molecular weight excluding hydrogens is 460 g/mol. The lowest BCUT2D eigenvalue weighted by molar-refractivity contribution is -0.121. The lowest BCUT2D eigenvalue weighted by atomic mass is 9.80. The van der Waals surface area contributed by atoms with E-state index in [9.17, 15) is 9.59 Å². The van der Waals surface area contributed by atoms with Gasteiger partial charge in [0.25, 0.3) is 5.91 Å². The third-order valence-corrected chi connectivity index (χ3v) is 7.39. The molecule has 1 aliphatic carbocycles. The number of carbonyl (C=O) groups excluding carboxylic acids is 2. The van der Waals surface area contributed by atoms with Crippen LogP contribution in [0.5, 0.6) is 11.5 Å². The van der Waals surface area contributed by atoms with Gasteiger partial charge in [0.1, 0.15) is 0 Å². The van der Waals surface area contributed by atoms with Crippen molar-refractivity contribution in [1.82, 2.24) is 4.90 Å². The van der Waals surface area contributed by atoms with E-state index in [-0.39, 0.29) is 24.5 Å². The van der Waals surface area contributed by atoms with Gasteiger partial charge in [-0.15, -0.1) is 0 Å². The van der Waals surface area contributed by atoms with Crippen molar-refractivity contribution in [1.29, 1.82) is 0 Å². The first-order valence-electron chi connectivity index (χ1n) is 10.9. The van der Waals surface area contributed by atoms with Crippen LogP contribution in [-0.4, -0.2) is 30.1 Å². The van der Waals surface area contributed by atoms with E-state index < -0.39 is 0 Å². The zero-order valence-electron chi connectivity index (χ0n) is 17.2. The lowest BCUT2D eigenvalue weighted by Crippen LogP contribution is -2.30. The number of hydrogen-bond donors (Lipinski definition) is 1. The van der Waals surface area contributed by atoms with E-state index in [1.54, 1.807) is 0 Å². The molecule has 0 spiro atoms. The molecule has 5 rings (SSSR count). The summed E-state index contributed by atoms with van der Waals surface area (Å²) >= 11 is 3.56. The number of anilines is 1. The summed E-state index contributed by atoms with van der Waals surface area (Å²) in [6, 6.07) is 11.3. The second-order valence-corrected chi connectivity index (χ2v) is 9.41. The Hall–Kier alpha value is -2.54. The Balaban J connectivity index is 1.09. The quantitative estimate of drug-likeness (QED) is 0.650. The van der Waals surface area contributed by atoms with Crippen LogP contribution in [0.15, 0.2) is 40.9 Å². The first kappa shape index (κ1) is 20.4. The van der Waals surface area contributed by atoms with Crippen molar-refractivity contribution in [3.8, 4) is 11.5 Å². The highest BCUT2D eigenvalue weighted by molar-refractivity contribution is 9.10. The molecule has 2 aromatic rings. The van der Waals surface area contributed by atoms with Gasteiger partial charge in [-0.2, -0.15) is 0 Å². The van der Waals surface area contributed by atoms with Gasteiger partial charge in [0.2, 0.25) is 12.7 Å². The minimum atomic E-state index is 0.0373. The Labute approximate surface area is 190 Å². The maximum atomic E-state index is 12.7. The highest BCUT2D eigenvalue weighted by Gasteiger charge is 2.31. The van der Waals surface area contributed by atoms with Gasteiger partial charge in [0.15, 0.2) is 11.5 Å². The number of carbonyl (C=O) groups is 2. The van der Waals surface area contributed by atoms with Crippen LogP contribution >= 0.6 is 15.9 Å². The number of halogens is 1. The fourth-order valence-corrected chi connectivity index (χ4v) is 5.30. The fourth-order valence-electron chi connectivity index (χ4n) is 4.80. The predicted octanol–water partition coefficient (Wildman–Crippen LogP) is 4.97. The fraction of sp³-hybridized carbons (Fsp3) is 0.417. The molecule has 1 N–H and O–H groups in total. The Bertz CT molecular complexity index is 1020. The molecule has 31 heavy (non-hydrogen) atoms. The summed E-state index contributed by atoms with van der Waals surface area (Å²) in [6.45, 7) is 1.69. The molecule has 0 unspecified atom stereocenters. The normalized spacial score (nSPS) is 21.8. The molecule has 3 aliphatic rings. The van der Waals surface area contributed by atoms with E-state index in [0.717, 1.165) is 59.9 Å². The molecule has 7 heteroatoms. The van der Waals surface area contributed by atoms with Crippen molar-refractivity contribution < 1.29 is 19.1 Å². The zero-order chi connectivity index (χ0) is 21.4. The molecule has 0 radical (unpaired) electrons. The van der Waals surface area contributed by atoms with Gasteiger partial charge in [-0.3, -0.25) is 9.59 Å². The van der Waals surface area contributed by atoms with Gasteiger partial charge < -0.3 is 19.7 Å². The molecule has 162 valence electrons. The molecule has 2 aromatic carbocycles. The molecule has 0 bridgehead atoms. The van der Waals surface area contributed by atoms with Crippen LogP contribution < -0.4 is 14.8 Å². The number of amides is 2. The minimum absolute atomic E-state index is 0.0373. The minimum Gasteiger partial charge on any atom is -0.454 e. The van der Waals surface area contributed by atoms with Crippen LogP contribution in [0.2, 0.25) is 0 Å². The zero-order valence-corrected chi connectivity index (χ0v) is 18.8. The summed E-state index contributed by atoms with van der Waals surface area (Å²) < 4.78 is 11.7. The Morgan fingerprint density at radius 2 is 1.90 bits per heavy atom. The van der Waals surface area contributed by atoms with Crippen LogP contribution in [0.1, 0.15) is 48.0 Å². The number of rotatable bonds is 5. The highest BCUT2D eigenvalue weighted by atomic mass is 79.9. The Morgan fingerprint density at radius 1 is 1.10 bits per heavy atom. The maximum absolute atomic E-state index is 12.7. The standard InChI is InChI=1S/C24H25BrN2O4/c25-20-3-1-2-18-19(20)13-27(24(18)29)11-10-15-4-6-16(7-5-15)23(28)26-17-8-9-21-22(12-17)31-14-30-21/h1-3,8-9,12,15-16H,4-7,10-11,13-14H2,(H,26,28). The summed E-state index contributed by atoms with van der Waals surface area (Å²) in [5, 5.41) is 3.02. The molecule has 0 aromatic heterocycles. The highest BCUT2D eigenvalue weighted by Crippen LogP contribution is 2.36. The molecular formula is C24H25BrN2O4. The monoisotopic (exact) mass is 484 g/mol. The van der Waals surface area contributed by atoms with Gasteiger partial charge in [-0.25, -0.2) is 0 Å². The van der Waals surface area contributed by atoms with E-state index in [0.29, 0.717) is 24.0 Å². The van der Waals surface area contributed by atoms with Gasteiger partial charge in [0, 0.05) is 40.8 Å². The molecule has 2 heterocycles. The number of hydrogen-bond acceptors (Lipinski definition) is 4. The maximum Gasteiger partial charge on any atom is 0.254 e. The number of nitrogens with one attached hydrogen (secondary N) is 1. The topological polar surface area (TPSA) is 67.9 Å². The smallest absolute Gasteiger partial charge is 0.254 e. The van der Waals surface area contributed by atoms with Gasteiger partial charge in [-0.1, -0.05) is 22.0 Å². The summed E-state index contributed by atoms with van der Waals surface area (Å²) in [5.41, 5.74) is 2.66. The second-order valence-electron chi connectivity index (χ2n) is 8.56.